The Labute approximate surface area is 205 Å². The van der Waals surface area contributed by atoms with Gasteiger partial charge in [-0.05, 0) is 17.3 Å². The number of aromatic nitrogens is 5. The molecule has 0 aliphatic carbocycles. The van der Waals surface area contributed by atoms with Crippen molar-refractivity contribution in [3.8, 4) is 23.3 Å². The molecule has 0 aliphatic rings. The van der Waals surface area contributed by atoms with E-state index in [0.29, 0.717) is 74.7 Å². The summed E-state index contributed by atoms with van der Waals surface area (Å²) in [6, 6.07) is 8.92. The summed E-state index contributed by atoms with van der Waals surface area (Å²) in [7, 11) is 3.05. The lowest BCUT2D eigenvalue weighted by Gasteiger charge is -2.16. The van der Waals surface area contributed by atoms with Gasteiger partial charge in [0.1, 0.15) is 11.8 Å². The van der Waals surface area contributed by atoms with E-state index in [-0.39, 0.29) is 0 Å². The third kappa shape index (κ3) is 4.90. The quantitative estimate of drug-likeness (QED) is 0.328. The van der Waals surface area contributed by atoms with Crippen LogP contribution < -0.4 is 19.5 Å². The van der Waals surface area contributed by atoms with E-state index in [1.165, 1.54) is 24.4 Å². The van der Waals surface area contributed by atoms with E-state index in [0.717, 1.165) is 0 Å². The van der Waals surface area contributed by atoms with Gasteiger partial charge in [-0.2, -0.15) is 10.1 Å². The van der Waals surface area contributed by atoms with E-state index in [1.54, 1.807) is 31.4 Å². The molecule has 2 aromatic heterocycles. The minimum absolute atomic E-state index is 0.327. The summed E-state index contributed by atoms with van der Waals surface area (Å²) in [5.74, 6) is 1.46. The van der Waals surface area contributed by atoms with Crippen molar-refractivity contribution in [1.29, 1.82) is 5.26 Å². The van der Waals surface area contributed by atoms with E-state index < -0.39 is 0 Å². The maximum absolute atomic E-state index is 9.69. The molecule has 0 aliphatic heterocycles. The Kier molecular flexibility index (Phi) is 7.15. The number of hydrogen-bond donors (Lipinski definition) is 1. The molecule has 34 heavy (non-hydrogen) atoms. The Balaban J connectivity index is 1.66. The lowest BCUT2D eigenvalue weighted by atomic mass is 10.1. The third-order valence-electron chi connectivity index (χ3n) is 4.93. The van der Waals surface area contributed by atoms with Gasteiger partial charge < -0.3 is 19.5 Å². The number of nitrogens with zero attached hydrogens (tertiary/aromatic N) is 6. The highest BCUT2D eigenvalue weighted by Gasteiger charge is 2.16. The van der Waals surface area contributed by atoms with Gasteiger partial charge >= 0.3 is 0 Å². The summed E-state index contributed by atoms with van der Waals surface area (Å²) in [4.78, 5) is 5.91. The summed E-state index contributed by atoms with van der Waals surface area (Å²) in [6.07, 6.45) is 3.54. The van der Waals surface area contributed by atoms with Gasteiger partial charge in [0.15, 0.2) is 17.8 Å². The molecule has 1 N–H and O–H groups in total. The number of hydrogen-bond acceptors (Lipinski definition) is 9. The van der Waals surface area contributed by atoms with Crippen LogP contribution in [0.5, 0.6) is 17.2 Å². The number of aryl methyl sites for hydroxylation is 1. The Bertz CT molecular complexity index is 1360. The van der Waals surface area contributed by atoms with Crippen LogP contribution in [0.2, 0.25) is 10.0 Å². The largest absolute Gasteiger partial charge is 0.495 e. The molecule has 2 aromatic carbocycles. The second kappa shape index (κ2) is 10.4. The summed E-state index contributed by atoms with van der Waals surface area (Å²) < 4.78 is 16.8. The van der Waals surface area contributed by atoms with E-state index >= 15 is 0 Å². The number of halogens is 2. The molecule has 10 nitrogen and oxygen atoms in total. The number of fused-ring (bicyclic) bond motifs is 1. The highest BCUT2D eigenvalue weighted by atomic mass is 35.5. The first-order valence-electron chi connectivity index (χ1n) is 10.1. The molecule has 2 heterocycles. The molecule has 12 heteroatoms. The fourth-order valence-electron chi connectivity index (χ4n) is 3.29. The Morgan fingerprint density at radius 2 is 1.88 bits per heavy atom. The SMILES string of the molecule is COc1cc(Nc2c(C#N)cnc3cc(OCCCn4ncnn4)c(OC)cc23)c(Cl)cc1Cl. The van der Waals surface area contributed by atoms with Crippen LogP contribution in [0, 0.1) is 11.3 Å². The monoisotopic (exact) mass is 499 g/mol. The predicted molar refractivity (Wildman–Crippen MR) is 127 cm³/mol. The van der Waals surface area contributed by atoms with Crippen LogP contribution >= 0.6 is 23.2 Å². The topological polar surface area (TPSA) is 120 Å². The van der Waals surface area contributed by atoms with E-state index in [1.807, 2.05) is 0 Å². The van der Waals surface area contributed by atoms with Gasteiger partial charge in [0, 0.05) is 30.1 Å². The number of nitriles is 1. The van der Waals surface area contributed by atoms with Crippen LogP contribution in [0.25, 0.3) is 10.9 Å². The van der Waals surface area contributed by atoms with Crippen LogP contribution in [-0.4, -0.2) is 46.0 Å². The van der Waals surface area contributed by atoms with Gasteiger partial charge in [0.2, 0.25) is 0 Å². The van der Waals surface area contributed by atoms with Crippen LogP contribution in [-0.2, 0) is 6.54 Å². The zero-order valence-corrected chi connectivity index (χ0v) is 19.8. The summed E-state index contributed by atoms with van der Waals surface area (Å²) in [5.41, 5.74) is 1.97. The molecule has 0 fully saturated rings. The molecule has 174 valence electrons. The Hall–Kier alpha value is -3.81. The van der Waals surface area contributed by atoms with Gasteiger partial charge in [-0.25, -0.2) is 0 Å². The lowest BCUT2D eigenvalue weighted by molar-refractivity contribution is 0.277. The molecule has 0 spiro atoms. The van der Waals surface area contributed by atoms with E-state index in [9.17, 15) is 5.26 Å². The maximum Gasteiger partial charge on any atom is 0.163 e. The first kappa shape index (κ1) is 23.4. The Morgan fingerprint density at radius 3 is 2.59 bits per heavy atom. The zero-order valence-electron chi connectivity index (χ0n) is 18.2. The molecule has 0 bridgehead atoms. The molecular weight excluding hydrogens is 481 g/mol. The van der Waals surface area contributed by atoms with Crippen LogP contribution in [0.4, 0.5) is 11.4 Å². The molecule has 4 rings (SSSR count). The van der Waals surface area contributed by atoms with Gasteiger partial charge in [-0.3, -0.25) is 4.98 Å². The zero-order chi connectivity index (χ0) is 24.1. The van der Waals surface area contributed by atoms with Crippen LogP contribution in [0.15, 0.2) is 36.8 Å². The number of tetrazole rings is 1. The summed E-state index contributed by atoms with van der Waals surface area (Å²) >= 11 is 12.5. The Morgan fingerprint density at radius 1 is 1.06 bits per heavy atom. The molecule has 0 saturated heterocycles. The fraction of sp³-hybridized carbons (Fsp3) is 0.227. The van der Waals surface area contributed by atoms with Crippen molar-refractivity contribution >= 4 is 45.5 Å². The van der Waals surface area contributed by atoms with Crippen LogP contribution in [0.1, 0.15) is 12.0 Å². The number of anilines is 2. The number of methoxy groups -OCH3 is 2. The van der Waals surface area contributed by atoms with E-state index in [2.05, 4.69) is 31.8 Å². The van der Waals surface area contributed by atoms with Crippen molar-refractivity contribution in [1.82, 2.24) is 25.2 Å². The maximum atomic E-state index is 9.69. The second-order valence-electron chi connectivity index (χ2n) is 7.00. The van der Waals surface area contributed by atoms with Gasteiger partial charge in [0.25, 0.3) is 0 Å². The van der Waals surface area contributed by atoms with Crippen molar-refractivity contribution in [2.75, 3.05) is 26.1 Å². The minimum atomic E-state index is 0.327. The standard InChI is InChI=1S/C22H19Cl2N7O3/c1-32-19-9-18(15(23)7-16(19)24)29-22-13(10-25)11-26-17-8-21(20(33-2)6-14(17)22)34-5-3-4-31-28-12-27-30-31/h6-9,11-12H,3-5H2,1-2H3,(H,26,29). The first-order chi connectivity index (χ1) is 16.5. The highest BCUT2D eigenvalue weighted by Crippen LogP contribution is 2.40. The van der Waals surface area contributed by atoms with Crippen LogP contribution in [0.3, 0.4) is 0 Å². The molecule has 0 radical (unpaired) electrons. The van der Waals surface area contributed by atoms with Gasteiger partial charge in [-0.15, -0.1) is 10.2 Å². The molecule has 0 atom stereocenters. The van der Waals surface area contributed by atoms with Crippen molar-refractivity contribution in [3.05, 3.63) is 52.4 Å². The minimum Gasteiger partial charge on any atom is -0.495 e. The van der Waals surface area contributed by atoms with Gasteiger partial charge in [-0.1, -0.05) is 23.2 Å². The molecule has 0 unspecified atom stereocenters. The average molecular weight is 500 g/mol. The molecule has 0 amide bonds. The smallest absolute Gasteiger partial charge is 0.163 e. The summed E-state index contributed by atoms with van der Waals surface area (Å²) in [5, 5.41) is 25.8. The van der Waals surface area contributed by atoms with Crippen molar-refractivity contribution in [2.24, 2.45) is 0 Å². The number of benzene rings is 2. The molecule has 0 saturated carbocycles. The normalized spacial score (nSPS) is 10.7. The van der Waals surface area contributed by atoms with Crippen molar-refractivity contribution in [3.63, 3.8) is 0 Å². The number of ether oxygens (including phenoxy) is 3. The third-order valence-corrected chi connectivity index (χ3v) is 5.53. The first-order valence-corrected chi connectivity index (χ1v) is 10.8. The van der Waals surface area contributed by atoms with Crippen molar-refractivity contribution < 1.29 is 14.2 Å². The predicted octanol–water partition coefficient (Wildman–Crippen LogP) is 4.63. The lowest BCUT2D eigenvalue weighted by Crippen LogP contribution is -2.08. The number of rotatable bonds is 9. The van der Waals surface area contributed by atoms with E-state index in [4.69, 9.17) is 37.4 Å². The molecular formula is C22H19Cl2N7O3. The average Bonchev–Trinajstić information content (AvgIpc) is 3.36. The number of nitrogens with one attached hydrogen (secondary N) is 1. The van der Waals surface area contributed by atoms with Crippen molar-refractivity contribution in [2.45, 2.75) is 13.0 Å². The fourth-order valence-corrected chi connectivity index (χ4v) is 3.79. The van der Waals surface area contributed by atoms with Gasteiger partial charge in [0.05, 0.1) is 59.9 Å². The second-order valence-corrected chi connectivity index (χ2v) is 7.82. The summed E-state index contributed by atoms with van der Waals surface area (Å²) in [6.45, 7) is 0.976. The molecule has 4 aromatic rings. The highest BCUT2D eigenvalue weighted by molar-refractivity contribution is 6.37. The number of pyridine rings is 1.